The highest BCUT2D eigenvalue weighted by Crippen LogP contribution is 2.21. The van der Waals surface area contributed by atoms with E-state index in [0.29, 0.717) is 12.6 Å². The van der Waals surface area contributed by atoms with Gasteiger partial charge in [-0.1, -0.05) is 0 Å². The van der Waals surface area contributed by atoms with Gasteiger partial charge >= 0.3 is 0 Å². The lowest BCUT2D eigenvalue weighted by atomic mass is 10.2. The summed E-state index contributed by atoms with van der Waals surface area (Å²) >= 11 is 2.00. The van der Waals surface area contributed by atoms with Gasteiger partial charge in [-0.3, -0.25) is 4.90 Å². The van der Waals surface area contributed by atoms with Crippen molar-refractivity contribution < 1.29 is 9.84 Å². The summed E-state index contributed by atoms with van der Waals surface area (Å²) in [6.45, 7) is 5.15. The van der Waals surface area contributed by atoms with Crippen LogP contribution in [0, 0.1) is 0 Å². The highest BCUT2D eigenvalue weighted by molar-refractivity contribution is 7.99. The highest BCUT2D eigenvalue weighted by Gasteiger charge is 2.21. The summed E-state index contributed by atoms with van der Waals surface area (Å²) in [7, 11) is 2.09. The van der Waals surface area contributed by atoms with Gasteiger partial charge in [0.1, 0.15) is 0 Å². The molecule has 0 bridgehead atoms. The number of hydrogen-bond donors (Lipinski definition) is 1. The van der Waals surface area contributed by atoms with Crippen LogP contribution < -0.4 is 0 Å². The van der Waals surface area contributed by atoms with Gasteiger partial charge in [-0.05, 0) is 33.1 Å². The van der Waals surface area contributed by atoms with E-state index in [2.05, 4.69) is 11.9 Å². The van der Waals surface area contributed by atoms with E-state index in [1.807, 2.05) is 25.6 Å². The van der Waals surface area contributed by atoms with Gasteiger partial charge in [0, 0.05) is 18.3 Å². The fourth-order valence-electron chi connectivity index (χ4n) is 1.71. The van der Waals surface area contributed by atoms with Gasteiger partial charge in [0.05, 0.1) is 18.8 Å². The van der Waals surface area contributed by atoms with E-state index in [9.17, 15) is 5.11 Å². The van der Waals surface area contributed by atoms with Gasteiger partial charge < -0.3 is 9.84 Å². The van der Waals surface area contributed by atoms with E-state index >= 15 is 0 Å². The van der Waals surface area contributed by atoms with Crippen molar-refractivity contribution in [3.63, 3.8) is 0 Å². The Morgan fingerprint density at radius 3 is 2.80 bits per heavy atom. The van der Waals surface area contributed by atoms with E-state index in [1.54, 1.807) is 0 Å². The third-order valence-corrected chi connectivity index (χ3v) is 3.79. The second kappa shape index (κ2) is 6.74. The Bertz CT molecular complexity index is 172. The van der Waals surface area contributed by atoms with E-state index in [0.717, 1.165) is 6.54 Å². The third kappa shape index (κ3) is 5.20. The molecule has 1 aliphatic rings. The summed E-state index contributed by atoms with van der Waals surface area (Å²) in [5.41, 5.74) is 0. The number of aliphatic hydroxyl groups is 1. The van der Waals surface area contributed by atoms with Crippen LogP contribution in [0.5, 0.6) is 0 Å². The first-order chi connectivity index (χ1) is 7.09. The molecule has 0 aromatic carbocycles. The lowest BCUT2D eigenvalue weighted by Gasteiger charge is -2.26. The molecule has 0 spiro atoms. The van der Waals surface area contributed by atoms with Crippen molar-refractivity contribution in [2.45, 2.75) is 38.5 Å². The molecule has 0 amide bonds. The molecule has 1 N–H and O–H groups in total. The Hall–Kier alpha value is 0.230. The molecule has 1 saturated heterocycles. The number of likely N-dealkylation sites (N-methyl/N-ethyl adjacent to an activating group) is 1. The van der Waals surface area contributed by atoms with Gasteiger partial charge in [-0.25, -0.2) is 0 Å². The van der Waals surface area contributed by atoms with Crippen molar-refractivity contribution in [3.05, 3.63) is 0 Å². The molecular formula is C11H23NO2S. The molecule has 90 valence electrons. The standard InChI is InChI=1S/C11H23NO2S/c1-9(2)14-7-11(13)6-12(3)10-4-5-15-8-10/h9-11,13H,4-8H2,1-3H3. The first-order valence-electron chi connectivity index (χ1n) is 5.67. The molecule has 2 atom stereocenters. The molecule has 0 aromatic heterocycles. The van der Waals surface area contributed by atoms with Crippen molar-refractivity contribution >= 4 is 11.8 Å². The summed E-state index contributed by atoms with van der Waals surface area (Å²) in [6.07, 6.45) is 1.09. The summed E-state index contributed by atoms with van der Waals surface area (Å²) in [5.74, 6) is 2.46. The summed E-state index contributed by atoms with van der Waals surface area (Å²) in [4.78, 5) is 2.26. The topological polar surface area (TPSA) is 32.7 Å². The molecule has 1 heterocycles. The first-order valence-corrected chi connectivity index (χ1v) is 6.82. The molecule has 0 aromatic rings. The second-order valence-electron chi connectivity index (χ2n) is 4.49. The highest BCUT2D eigenvalue weighted by atomic mass is 32.2. The van der Waals surface area contributed by atoms with Crippen molar-refractivity contribution in [2.75, 3.05) is 31.7 Å². The molecule has 1 rings (SSSR count). The molecule has 0 radical (unpaired) electrons. The van der Waals surface area contributed by atoms with Crippen molar-refractivity contribution in [2.24, 2.45) is 0 Å². The Kier molecular flexibility index (Phi) is 5.97. The molecule has 1 aliphatic heterocycles. The molecule has 3 nitrogen and oxygen atoms in total. The van der Waals surface area contributed by atoms with Gasteiger partial charge in [0.15, 0.2) is 0 Å². The monoisotopic (exact) mass is 233 g/mol. The van der Waals surface area contributed by atoms with Crippen LogP contribution in [-0.4, -0.2) is 60.0 Å². The number of nitrogens with zero attached hydrogens (tertiary/aromatic N) is 1. The largest absolute Gasteiger partial charge is 0.389 e. The van der Waals surface area contributed by atoms with E-state index in [-0.39, 0.29) is 12.2 Å². The minimum absolute atomic E-state index is 0.201. The van der Waals surface area contributed by atoms with Gasteiger partial charge in [-0.2, -0.15) is 11.8 Å². The smallest absolute Gasteiger partial charge is 0.0900 e. The average molecular weight is 233 g/mol. The molecular weight excluding hydrogens is 210 g/mol. The van der Waals surface area contributed by atoms with Crippen LogP contribution in [0.4, 0.5) is 0 Å². The van der Waals surface area contributed by atoms with Crippen molar-refractivity contribution in [1.82, 2.24) is 4.90 Å². The van der Waals surface area contributed by atoms with E-state index in [1.165, 1.54) is 17.9 Å². The van der Waals surface area contributed by atoms with Crippen LogP contribution in [-0.2, 0) is 4.74 Å². The van der Waals surface area contributed by atoms with Gasteiger partial charge in [-0.15, -0.1) is 0 Å². The lowest BCUT2D eigenvalue weighted by molar-refractivity contribution is -0.00900. The number of ether oxygens (including phenoxy) is 1. The van der Waals surface area contributed by atoms with E-state index in [4.69, 9.17) is 4.74 Å². The van der Waals surface area contributed by atoms with Crippen LogP contribution in [0.25, 0.3) is 0 Å². The lowest BCUT2D eigenvalue weighted by Crippen LogP contribution is -2.39. The van der Waals surface area contributed by atoms with Crippen LogP contribution in [0.3, 0.4) is 0 Å². The van der Waals surface area contributed by atoms with Gasteiger partial charge in [0.25, 0.3) is 0 Å². The maximum atomic E-state index is 9.76. The maximum absolute atomic E-state index is 9.76. The normalized spacial score (nSPS) is 24.0. The van der Waals surface area contributed by atoms with Crippen LogP contribution >= 0.6 is 11.8 Å². The minimum Gasteiger partial charge on any atom is -0.389 e. The predicted molar refractivity (Wildman–Crippen MR) is 65.5 cm³/mol. The second-order valence-corrected chi connectivity index (χ2v) is 5.64. The Labute approximate surface area is 97.2 Å². The zero-order valence-electron chi connectivity index (χ0n) is 9.98. The van der Waals surface area contributed by atoms with Crippen LogP contribution in [0.15, 0.2) is 0 Å². The number of aliphatic hydroxyl groups excluding tert-OH is 1. The maximum Gasteiger partial charge on any atom is 0.0900 e. The Morgan fingerprint density at radius 2 is 2.27 bits per heavy atom. The van der Waals surface area contributed by atoms with E-state index < -0.39 is 0 Å². The Morgan fingerprint density at radius 1 is 1.53 bits per heavy atom. The summed E-state index contributed by atoms with van der Waals surface area (Å²) < 4.78 is 5.39. The van der Waals surface area contributed by atoms with Crippen LogP contribution in [0.1, 0.15) is 20.3 Å². The molecule has 0 saturated carbocycles. The molecule has 4 heteroatoms. The quantitative estimate of drug-likeness (QED) is 0.747. The third-order valence-electron chi connectivity index (χ3n) is 2.65. The SMILES string of the molecule is CC(C)OCC(O)CN(C)C1CCSC1. The number of thioether (sulfide) groups is 1. The summed E-state index contributed by atoms with van der Waals surface area (Å²) in [6, 6.07) is 0.642. The minimum atomic E-state index is -0.358. The Balaban J connectivity index is 2.15. The molecule has 0 aliphatic carbocycles. The molecule has 2 unspecified atom stereocenters. The molecule has 15 heavy (non-hydrogen) atoms. The zero-order valence-corrected chi connectivity index (χ0v) is 10.8. The number of hydrogen-bond acceptors (Lipinski definition) is 4. The van der Waals surface area contributed by atoms with Crippen LogP contribution in [0.2, 0.25) is 0 Å². The average Bonchev–Trinajstić information content (AvgIpc) is 2.67. The fraction of sp³-hybridized carbons (Fsp3) is 1.00. The number of rotatable bonds is 6. The predicted octanol–water partition coefficient (Wildman–Crippen LogP) is 1.21. The van der Waals surface area contributed by atoms with Crippen molar-refractivity contribution in [1.29, 1.82) is 0 Å². The van der Waals surface area contributed by atoms with Crippen molar-refractivity contribution in [3.8, 4) is 0 Å². The molecule has 1 fully saturated rings. The fourth-order valence-corrected chi connectivity index (χ4v) is 3.01. The van der Waals surface area contributed by atoms with Gasteiger partial charge in [0.2, 0.25) is 0 Å². The first kappa shape index (κ1) is 13.3. The zero-order chi connectivity index (χ0) is 11.3. The summed E-state index contributed by atoms with van der Waals surface area (Å²) in [5, 5.41) is 9.76.